The quantitative estimate of drug-likeness (QED) is 0.340. The van der Waals surface area contributed by atoms with Crippen molar-refractivity contribution in [2.75, 3.05) is 23.8 Å². The minimum absolute atomic E-state index is 0.0882. The van der Waals surface area contributed by atoms with Crippen LogP contribution in [-0.2, 0) is 11.3 Å². The summed E-state index contributed by atoms with van der Waals surface area (Å²) in [5, 5.41) is 20.0. The summed E-state index contributed by atoms with van der Waals surface area (Å²) in [5.41, 5.74) is 1.65. The van der Waals surface area contributed by atoms with Gasteiger partial charge in [-0.3, -0.25) is 0 Å². The number of nitrogens with zero attached hydrogens (tertiary/aromatic N) is 4. The molecule has 11 heteroatoms. The number of aliphatic hydroxyl groups excluding tert-OH is 1. The Labute approximate surface area is 204 Å². The highest BCUT2D eigenvalue weighted by Crippen LogP contribution is 2.32. The molecule has 1 unspecified atom stereocenters. The molecule has 0 radical (unpaired) electrons. The summed E-state index contributed by atoms with van der Waals surface area (Å²) in [6, 6.07) is 11.5. The minimum Gasteiger partial charge on any atom is -0.485 e. The second-order valence-corrected chi connectivity index (χ2v) is 9.31. The number of aliphatic hydroxyl groups is 1. The summed E-state index contributed by atoms with van der Waals surface area (Å²) in [5.74, 6) is 1.20. The number of ether oxygens (including phenoxy) is 2. The Kier molecular flexibility index (Phi) is 6.18. The number of rotatable bonds is 7. The Hall–Kier alpha value is -3.47. The van der Waals surface area contributed by atoms with Crippen LogP contribution in [-0.4, -0.2) is 44.8 Å². The van der Waals surface area contributed by atoms with Gasteiger partial charge in [0.15, 0.2) is 0 Å². The Morgan fingerprint density at radius 2 is 2.00 bits per heavy atom. The average Bonchev–Trinajstić information content (AvgIpc) is 3.49. The van der Waals surface area contributed by atoms with Crippen LogP contribution >= 0.6 is 22.9 Å². The summed E-state index contributed by atoms with van der Waals surface area (Å²) >= 11 is 7.97. The predicted octanol–water partition coefficient (Wildman–Crippen LogP) is 4.61. The number of amidine groups is 1. The van der Waals surface area contributed by atoms with E-state index < -0.39 is 5.54 Å². The number of benzene rings is 2. The van der Waals surface area contributed by atoms with E-state index in [0.717, 1.165) is 27.3 Å². The number of aliphatic imine (C=N–C) groups is 1. The molecule has 3 heterocycles. The standard InChI is InChI=1S/C23H21ClN6O3S/c1-23(11-31)12-33-22(30-23)29-14-2-4-18-16(8-14)21(27-13-26-18)28-15-3-5-19(17(24)9-15)32-10-20-25-6-7-34-20/h2-9,13,31H,10-12H2,1H3,(H,29,30)(H,26,27,28). The van der Waals surface area contributed by atoms with Gasteiger partial charge in [-0.05, 0) is 43.3 Å². The van der Waals surface area contributed by atoms with E-state index in [1.807, 2.05) is 42.6 Å². The van der Waals surface area contributed by atoms with Gasteiger partial charge in [-0.15, -0.1) is 11.3 Å². The van der Waals surface area contributed by atoms with Gasteiger partial charge in [0, 0.05) is 28.3 Å². The lowest BCUT2D eigenvalue weighted by atomic mass is 10.1. The lowest BCUT2D eigenvalue weighted by molar-refractivity contribution is 0.170. The van der Waals surface area contributed by atoms with Gasteiger partial charge in [-0.2, -0.15) is 0 Å². The maximum Gasteiger partial charge on any atom is 0.290 e. The third kappa shape index (κ3) is 4.89. The van der Waals surface area contributed by atoms with Crippen molar-refractivity contribution in [3.05, 3.63) is 64.3 Å². The van der Waals surface area contributed by atoms with Crippen molar-refractivity contribution in [3.63, 3.8) is 0 Å². The van der Waals surface area contributed by atoms with E-state index in [0.29, 0.717) is 35.8 Å². The van der Waals surface area contributed by atoms with Crippen LogP contribution in [0, 0.1) is 0 Å². The number of nitrogens with one attached hydrogen (secondary N) is 2. The molecule has 0 bridgehead atoms. The summed E-state index contributed by atoms with van der Waals surface area (Å²) in [6.45, 7) is 2.43. The Morgan fingerprint density at radius 1 is 1.15 bits per heavy atom. The maximum atomic E-state index is 9.48. The lowest BCUT2D eigenvalue weighted by Crippen LogP contribution is -2.28. The van der Waals surface area contributed by atoms with Gasteiger partial charge < -0.3 is 25.2 Å². The molecular weight excluding hydrogens is 476 g/mol. The van der Waals surface area contributed by atoms with Gasteiger partial charge in [-0.1, -0.05) is 11.6 Å². The second-order valence-electron chi connectivity index (χ2n) is 7.92. The van der Waals surface area contributed by atoms with Crippen LogP contribution in [0.3, 0.4) is 0 Å². The van der Waals surface area contributed by atoms with E-state index >= 15 is 0 Å². The van der Waals surface area contributed by atoms with E-state index in [1.54, 1.807) is 12.3 Å². The third-order valence-corrected chi connectivity index (χ3v) is 6.20. The van der Waals surface area contributed by atoms with Gasteiger partial charge in [0.25, 0.3) is 6.02 Å². The zero-order valence-electron chi connectivity index (χ0n) is 18.2. The number of aromatic nitrogens is 3. The molecule has 174 valence electrons. The molecule has 34 heavy (non-hydrogen) atoms. The van der Waals surface area contributed by atoms with Crippen molar-refractivity contribution in [1.29, 1.82) is 0 Å². The van der Waals surface area contributed by atoms with Gasteiger partial charge >= 0.3 is 0 Å². The van der Waals surface area contributed by atoms with Gasteiger partial charge in [-0.25, -0.2) is 19.9 Å². The molecule has 0 saturated heterocycles. The Balaban J connectivity index is 1.35. The molecule has 9 nitrogen and oxygen atoms in total. The van der Waals surface area contributed by atoms with Gasteiger partial charge in [0.05, 0.1) is 17.1 Å². The topological polar surface area (TPSA) is 114 Å². The van der Waals surface area contributed by atoms with Crippen molar-refractivity contribution in [1.82, 2.24) is 15.0 Å². The molecule has 3 N–H and O–H groups in total. The molecule has 2 aromatic heterocycles. The van der Waals surface area contributed by atoms with Crippen molar-refractivity contribution >= 4 is 57.1 Å². The highest BCUT2D eigenvalue weighted by Gasteiger charge is 2.31. The van der Waals surface area contributed by atoms with Crippen LogP contribution in [0.25, 0.3) is 10.9 Å². The van der Waals surface area contributed by atoms with Crippen LogP contribution in [0.15, 0.2) is 59.3 Å². The molecule has 0 amide bonds. The predicted molar refractivity (Wildman–Crippen MR) is 133 cm³/mol. The molecule has 1 aliphatic heterocycles. The fourth-order valence-corrected chi connectivity index (χ4v) is 4.09. The maximum absolute atomic E-state index is 9.48. The molecule has 0 spiro atoms. The van der Waals surface area contributed by atoms with E-state index in [1.165, 1.54) is 17.7 Å². The van der Waals surface area contributed by atoms with Crippen LogP contribution in [0.5, 0.6) is 5.75 Å². The van der Waals surface area contributed by atoms with Crippen LogP contribution in [0.1, 0.15) is 11.9 Å². The first-order valence-corrected chi connectivity index (χ1v) is 11.7. The first-order chi connectivity index (χ1) is 16.5. The normalized spacial score (nSPS) is 17.3. The fraction of sp³-hybridized carbons (Fsp3) is 0.217. The number of fused-ring (bicyclic) bond motifs is 1. The van der Waals surface area contributed by atoms with Crippen molar-refractivity contribution < 1.29 is 14.6 Å². The number of thiazole rings is 1. The summed E-state index contributed by atoms with van der Waals surface area (Å²) in [4.78, 5) is 17.4. The van der Waals surface area contributed by atoms with E-state index in [9.17, 15) is 5.11 Å². The van der Waals surface area contributed by atoms with E-state index in [2.05, 4.69) is 30.6 Å². The molecule has 5 rings (SSSR count). The highest BCUT2D eigenvalue weighted by molar-refractivity contribution is 7.09. The summed E-state index contributed by atoms with van der Waals surface area (Å²) < 4.78 is 11.3. The number of hydrogen-bond acceptors (Lipinski definition) is 10. The smallest absolute Gasteiger partial charge is 0.290 e. The molecule has 1 atom stereocenters. The van der Waals surface area contributed by atoms with Crippen LogP contribution in [0.4, 0.5) is 17.2 Å². The average molecular weight is 497 g/mol. The molecule has 1 aliphatic rings. The number of anilines is 3. The molecule has 0 saturated carbocycles. The third-order valence-electron chi connectivity index (χ3n) is 5.15. The Bertz CT molecular complexity index is 1350. The van der Waals surface area contributed by atoms with Crippen LogP contribution in [0.2, 0.25) is 5.02 Å². The monoisotopic (exact) mass is 496 g/mol. The van der Waals surface area contributed by atoms with Crippen molar-refractivity contribution in [2.45, 2.75) is 19.1 Å². The van der Waals surface area contributed by atoms with Crippen molar-refractivity contribution in [3.8, 4) is 5.75 Å². The van der Waals surface area contributed by atoms with Gasteiger partial charge in [0.2, 0.25) is 0 Å². The van der Waals surface area contributed by atoms with Gasteiger partial charge in [0.1, 0.15) is 41.7 Å². The summed E-state index contributed by atoms with van der Waals surface area (Å²) in [7, 11) is 0. The molecule has 2 aromatic carbocycles. The minimum atomic E-state index is -0.634. The SMILES string of the molecule is CC1(CO)COC(Nc2ccc3ncnc(Nc4ccc(OCc5nccs5)c(Cl)c4)c3c2)=N1. The molecule has 0 aliphatic carbocycles. The summed E-state index contributed by atoms with van der Waals surface area (Å²) in [6.07, 6.45) is 3.24. The Morgan fingerprint density at radius 3 is 2.76 bits per heavy atom. The lowest BCUT2D eigenvalue weighted by Gasteiger charge is -2.12. The fourth-order valence-electron chi connectivity index (χ4n) is 3.33. The molecular formula is C23H21ClN6O3S. The second kappa shape index (κ2) is 9.41. The largest absolute Gasteiger partial charge is 0.485 e. The first kappa shape index (κ1) is 22.3. The van der Waals surface area contributed by atoms with E-state index in [-0.39, 0.29) is 6.61 Å². The van der Waals surface area contributed by atoms with Crippen molar-refractivity contribution in [2.24, 2.45) is 4.99 Å². The number of halogens is 1. The molecule has 4 aromatic rings. The van der Waals surface area contributed by atoms with E-state index in [4.69, 9.17) is 21.1 Å². The molecule has 0 fully saturated rings. The number of hydrogen-bond donors (Lipinski definition) is 3. The zero-order chi connectivity index (χ0) is 23.5. The zero-order valence-corrected chi connectivity index (χ0v) is 19.7. The van der Waals surface area contributed by atoms with Crippen LogP contribution < -0.4 is 15.4 Å². The highest BCUT2D eigenvalue weighted by atomic mass is 35.5. The first-order valence-electron chi connectivity index (χ1n) is 10.4.